The second kappa shape index (κ2) is 6.02. The van der Waals surface area contributed by atoms with Gasteiger partial charge < -0.3 is 5.32 Å². The number of H-pyrrole nitrogens is 1. The number of para-hydroxylation sites is 1. The number of nitrogens with one attached hydrogen (secondary N) is 2. The fourth-order valence-corrected chi connectivity index (χ4v) is 3.10. The summed E-state index contributed by atoms with van der Waals surface area (Å²) in [6.07, 6.45) is 1.77. The van der Waals surface area contributed by atoms with Gasteiger partial charge in [-0.25, -0.2) is 14.2 Å². The van der Waals surface area contributed by atoms with Gasteiger partial charge in [0.05, 0.1) is 23.6 Å². The number of aromatic amines is 1. The summed E-state index contributed by atoms with van der Waals surface area (Å²) in [6.45, 7) is 1.83. The molecule has 1 aromatic carbocycles. The maximum Gasteiger partial charge on any atom is 0.271 e. The molecule has 0 saturated carbocycles. The lowest BCUT2D eigenvalue weighted by Gasteiger charge is -2.10. The molecule has 0 radical (unpaired) electrons. The monoisotopic (exact) mass is 354 g/mol. The lowest BCUT2D eigenvalue weighted by molar-refractivity contribution is 0.0933. The Hall–Kier alpha value is -3.20. The molecule has 4 aromatic rings. The predicted octanol–water partition coefficient (Wildman–Crippen LogP) is 1.76. The summed E-state index contributed by atoms with van der Waals surface area (Å²) in [5.74, 6) is -0.372. The van der Waals surface area contributed by atoms with Crippen molar-refractivity contribution in [2.75, 3.05) is 0 Å². The van der Waals surface area contributed by atoms with Gasteiger partial charge in [0.15, 0.2) is 0 Å². The molecule has 4 rings (SSSR count). The minimum Gasteiger partial charge on any atom is -0.343 e. The van der Waals surface area contributed by atoms with Crippen molar-refractivity contribution < 1.29 is 4.79 Å². The average Bonchev–Trinajstić information content (AvgIpc) is 3.29. The Morgan fingerprint density at radius 1 is 1.32 bits per heavy atom. The number of nitrogens with zero attached hydrogens (tertiary/aromatic N) is 4. The molecule has 0 fully saturated rings. The predicted molar refractivity (Wildman–Crippen MR) is 93.1 cm³/mol. The first-order valence-electron chi connectivity index (χ1n) is 7.59. The standard InChI is InChI=1S/C16H14N6O2S/c1-10(13-8-21-16(19-13)25-9-17-21)18-15(24)12-7-14(23)22(20-12)11-5-3-2-4-6-11/h2-10,20H,1H3,(H,18,24). The number of imidazole rings is 1. The van der Waals surface area contributed by atoms with Gasteiger partial charge in [-0.2, -0.15) is 5.10 Å². The second-order valence-corrected chi connectivity index (χ2v) is 6.32. The minimum atomic E-state index is -0.372. The molecule has 0 aliphatic rings. The third-order valence-corrected chi connectivity index (χ3v) is 4.46. The highest BCUT2D eigenvalue weighted by Crippen LogP contribution is 2.15. The van der Waals surface area contributed by atoms with Crippen LogP contribution in [-0.2, 0) is 0 Å². The van der Waals surface area contributed by atoms with Crippen LogP contribution in [0.3, 0.4) is 0 Å². The molecule has 0 aliphatic carbocycles. The van der Waals surface area contributed by atoms with Crippen LogP contribution in [0.4, 0.5) is 0 Å². The molecule has 3 heterocycles. The molecule has 8 nitrogen and oxygen atoms in total. The molecule has 1 amide bonds. The maximum absolute atomic E-state index is 12.4. The molecule has 3 aromatic heterocycles. The lowest BCUT2D eigenvalue weighted by Crippen LogP contribution is -2.27. The van der Waals surface area contributed by atoms with E-state index in [1.165, 1.54) is 22.1 Å². The van der Waals surface area contributed by atoms with Gasteiger partial charge in [0.2, 0.25) is 4.96 Å². The van der Waals surface area contributed by atoms with Crippen molar-refractivity contribution in [2.24, 2.45) is 0 Å². The third kappa shape index (κ3) is 2.85. The van der Waals surface area contributed by atoms with E-state index in [9.17, 15) is 9.59 Å². The van der Waals surface area contributed by atoms with Crippen LogP contribution in [0.25, 0.3) is 10.6 Å². The summed E-state index contributed by atoms with van der Waals surface area (Å²) >= 11 is 1.42. The van der Waals surface area contributed by atoms with Gasteiger partial charge in [-0.05, 0) is 19.1 Å². The Morgan fingerprint density at radius 2 is 2.12 bits per heavy atom. The van der Waals surface area contributed by atoms with Gasteiger partial charge >= 0.3 is 0 Å². The van der Waals surface area contributed by atoms with Crippen LogP contribution in [0, 0.1) is 0 Å². The quantitative estimate of drug-likeness (QED) is 0.583. The Morgan fingerprint density at radius 3 is 2.88 bits per heavy atom. The summed E-state index contributed by atoms with van der Waals surface area (Å²) in [5.41, 5.74) is 2.97. The van der Waals surface area contributed by atoms with Crippen LogP contribution in [0.15, 0.2) is 52.9 Å². The topological polar surface area (TPSA) is 97.1 Å². The molecule has 0 spiro atoms. The van der Waals surface area contributed by atoms with Crippen molar-refractivity contribution in [3.8, 4) is 5.69 Å². The smallest absolute Gasteiger partial charge is 0.271 e. The van der Waals surface area contributed by atoms with E-state index in [-0.39, 0.29) is 23.2 Å². The van der Waals surface area contributed by atoms with Crippen molar-refractivity contribution in [3.05, 3.63) is 69.8 Å². The highest BCUT2D eigenvalue weighted by Gasteiger charge is 2.17. The van der Waals surface area contributed by atoms with Crippen molar-refractivity contribution in [2.45, 2.75) is 13.0 Å². The maximum atomic E-state index is 12.4. The zero-order valence-corrected chi connectivity index (χ0v) is 14.0. The van der Waals surface area contributed by atoms with Crippen LogP contribution in [-0.4, -0.2) is 30.3 Å². The Kier molecular flexibility index (Phi) is 3.69. The Balaban J connectivity index is 1.55. The minimum absolute atomic E-state index is 0.194. The molecule has 9 heteroatoms. The van der Waals surface area contributed by atoms with E-state index in [1.807, 2.05) is 25.1 Å². The van der Waals surface area contributed by atoms with E-state index < -0.39 is 0 Å². The van der Waals surface area contributed by atoms with Crippen LogP contribution in [0.5, 0.6) is 0 Å². The van der Waals surface area contributed by atoms with Crippen molar-refractivity contribution in [3.63, 3.8) is 0 Å². The lowest BCUT2D eigenvalue weighted by atomic mass is 10.2. The summed E-state index contributed by atoms with van der Waals surface area (Å²) < 4.78 is 2.99. The van der Waals surface area contributed by atoms with Gasteiger partial charge in [-0.15, -0.1) is 0 Å². The van der Waals surface area contributed by atoms with Gasteiger partial charge in [-0.1, -0.05) is 29.5 Å². The molecular weight excluding hydrogens is 340 g/mol. The molecule has 0 saturated heterocycles. The van der Waals surface area contributed by atoms with E-state index in [1.54, 1.807) is 28.4 Å². The van der Waals surface area contributed by atoms with Gasteiger partial charge in [0, 0.05) is 6.07 Å². The number of rotatable bonds is 4. The fraction of sp³-hybridized carbons (Fsp3) is 0.125. The second-order valence-electron chi connectivity index (χ2n) is 5.51. The van der Waals surface area contributed by atoms with Gasteiger partial charge in [0.25, 0.3) is 11.5 Å². The number of hydrogen-bond acceptors (Lipinski definition) is 5. The number of aromatic nitrogens is 5. The van der Waals surface area contributed by atoms with Crippen LogP contribution in [0.2, 0.25) is 0 Å². The van der Waals surface area contributed by atoms with Crippen molar-refractivity contribution in [1.82, 2.24) is 29.7 Å². The van der Waals surface area contributed by atoms with Gasteiger partial charge in [-0.3, -0.25) is 14.7 Å². The SMILES string of the molecule is CC(NC(=O)c1cc(=O)n(-c2ccccc2)[nH]1)c1cn2ncsc2n1. The summed E-state index contributed by atoms with van der Waals surface area (Å²) in [5, 5.41) is 9.78. The first-order chi connectivity index (χ1) is 12.1. The van der Waals surface area contributed by atoms with E-state index in [0.717, 1.165) is 4.96 Å². The molecule has 2 N–H and O–H groups in total. The number of benzene rings is 1. The Bertz CT molecular complexity index is 1060. The molecule has 1 unspecified atom stereocenters. The molecule has 1 atom stereocenters. The fourth-order valence-electron chi connectivity index (χ4n) is 2.49. The van der Waals surface area contributed by atoms with Crippen LogP contribution in [0.1, 0.15) is 29.1 Å². The molecule has 126 valence electrons. The largest absolute Gasteiger partial charge is 0.343 e. The zero-order valence-electron chi connectivity index (χ0n) is 13.2. The van der Waals surface area contributed by atoms with Crippen molar-refractivity contribution in [1.29, 1.82) is 0 Å². The third-order valence-electron chi connectivity index (χ3n) is 3.78. The van der Waals surface area contributed by atoms with E-state index in [0.29, 0.717) is 11.4 Å². The first-order valence-corrected chi connectivity index (χ1v) is 8.47. The number of fused-ring (bicyclic) bond motifs is 1. The van der Waals surface area contributed by atoms with E-state index >= 15 is 0 Å². The first kappa shape index (κ1) is 15.3. The average molecular weight is 354 g/mol. The van der Waals surface area contributed by atoms with Crippen LogP contribution < -0.4 is 10.9 Å². The number of amides is 1. The van der Waals surface area contributed by atoms with Gasteiger partial charge in [0.1, 0.15) is 11.2 Å². The Labute approximate surface area is 145 Å². The number of carbonyl (C=O) groups excluding carboxylic acids is 1. The zero-order chi connectivity index (χ0) is 17.4. The number of carbonyl (C=O) groups is 1. The number of hydrogen-bond donors (Lipinski definition) is 2. The normalized spacial score (nSPS) is 12.4. The summed E-state index contributed by atoms with van der Waals surface area (Å²) in [7, 11) is 0. The highest BCUT2D eigenvalue weighted by molar-refractivity contribution is 7.14. The highest BCUT2D eigenvalue weighted by atomic mass is 32.1. The molecular formula is C16H14N6O2S. The molecule has 0 aliphatic heterocycles. The van der Waals surface area contributed by atoms with E-state index in [4.69, 9.17) is 0 Å². The summed E-state index contributed by atoms with van der Waals surface area (Å²) in [6, 6.07) is 10.0. The van der Waals surface area contributed by atoms with Crippen molar-refractivity contribution >= 4 is 22.2 Å². The molecule has 25 heavy (non-hydrogen) atoms. The summed E-state index contributed by atoms with van der Waals surface area (Å²) in [4.78, 5) is 29.7. The van der Waals surface area contributed by atoms with E-state index in [2.05, 4.69) is 20.5 Å². The molecule has 0 bridgehead atoms. The van der Waals surface area contributed by atoms with Crippen LogP contribution >= 0.6 is 11.3 Å².